The summed E-state index contributed by atoms with van der Waals surface area (Å²) in [5, 5.41) is 0. The van der Waals surface area contributed by atoms with Gasteiger partial charge >= 0.3 is 5.97 Å². The van der Waals surface area contributed by atoms with Crippen LogP contribution in [0.4, 0.5) is 0 Å². The van der Waals surface area contributed by atoms with Crippen molar-refractivity contribution in [1.29, 1.82) is 0 Å². The van der Waals surface area contributed by atoms with Crippen molar-refractivity contribution in [2.75, 3.05) is 13.2 Å². The van der Waals surface area contributed by atoms with Crippen LogP contribution < -0.4 is 0 Å². The molecule has 0 aromatic rings. The maximum absolute atomic E-state index is 12.0. The summed E-state index contributed by atoms with van der Waals surface area (Å²) in [5.74, 6) is -0.276. The normalized spacial score (nSPS) is 10.5. The predicted octanol–water partition coefficient (Wildman–Crippen LogP) is 2.76. The summed E-state index contributed by atoms with van der Waals surface area (Å²) >= 11 is 0. The number of amides is 1. The van der Waals surface area contributed by atoms with E-state index in [4.69, 9.17) is 4.74 Å². The zero-order chi connectivity index (χ0) is 14.0. The number of hydrogen-bond acceptors (Lipinski definition) is 3. The molecule has 0 spiro atoms. The van der Waals surface area contributed by atoms with Gasteiger partial charge in [0.2, 0.25) is 5.91 Å². The average molecular weight is 257 g/mol. The zero-order valence-corrected chi connectivity index (χ0v) is 12.2. The summed E-state index contributed by atoms with van der Waals surface area (Å²) in [4.78, 5) is 25.0. The lowest BCUT2D eigenvalue weighted by atomic mass is 10.1. The third-order valence-corrected chi connectivity index (χ3v) is 2.79. The Kier molecular flexibility index (Phi) is 9.33. The molecule has 0 aliphatic heterocycles. The minimum absolute atomic E-state index is 0.0353. The largest absolute Gasteiger partial charge is 0.465 e. The average Bonchev–Trinajstić information content (AvgIpc) is 2.31. The summed E-state index contributed by atoms with van der Waals surface area (Å²) in [6.07, 6.45) is 4.82. The second-order valence-electron chi connectivity index (χ2n) is 4.73. The molecule has 0 N–H and O–H groups in total. The van der Waals surface area contributed by atoms with Gasteiger partial charge in [-0.3, -0.25) is 9.59 Å². The standard InChI is InChI=1S/C14H27NO3/c1-5-7-8-9-10-13(16)15(12(3)4)11-14(17)18-6-2/h12H,5-11H2,1-4H3. The summed E-state index contributed by atoms with van der Waals surface area (Å²) in [7, 11) is 0. The second-order valence-corrected chi connectivity index (χ2v) is 4.73. The van der Waals surface area contributed by atoms with Crippen LogP contribution in [-0.2, 0) is 14.3 Å². The van der Waals surface area contributed by atoms with Crippen molar-refractivity contribution in [3.8, 4) is 0 Å². The first kappa shape index (κ1) is 16.9. The SMILES string of the molecule is CCCCCCC(=O)N(CC(=O)OCC)C(C)C. The Hall–Kier alpha value is -1.06. The highest BCUT2D eigenvalue weighted by Gasteiger charge is 2.20. The molecular weight excluding hydrogens is 230 g/mol. The topological polar surface area (TPSA) is 46.6 Å². The first-order valence-electron chi connectivity index (χ1n) is 6.98. The van der Waals surface area contributed by atoms with Gasteiger partial charge in [-0.1, -0.05) is 26.2 Å². The molecule has 0 heterocycles. The number of unbranched alkanes of at least 4 members (excludes halogenated alkanes) is 3. The molecule has 0 fully saturated rings. The number of ether oxygens (including phenoxy) is 1. The molecule has 0 aliphatic carbocycles. The van der Waals surface area contributed by atoms with Gasteiger partial charge in [0, 0.05) is 12.5 Å². The maximum atomic E-state index is 12.0. The fraction of sp³-hybridized carbons (Fsp3) is 0.857. The second kappa shape index (κ2) is 9.92. The maximum Gasteiger partial charge on any atom is 0.325 e. The van der Waals surface area contributed by atoms with E-state index >= 15 is 0 Å². The van der Waals surface area contributed by atoms with Crippen LogP contribution in [0, 0.1) is 0 Å². The molecule has 4 heteroatoms. The van der Waals surface area contributed by atoms with E-state index in [9.17, 15) is 9.59 Å². The minimum Gasteiger partial charge on any atom is -0.465 e. The zero-order valence-electron chi connectivity index (χ0n) is 12.2. The van der Waals surface area contributed by atoms with Gasteiger partial charge in [-0.15, -0.1) is 0 Å². The summed E-state index contributed by atoms with van der Waals surface area (Å²) < 4.78 is 4.88. The lowest BCUT2D eigenvalue weighted by Gasteiger charge is -2.25. The van der Waals surface area contributed by atoms with Gasteiger partial charge in [0.1, 0.15) is 6.54 Å². The molecule has 0 unspecified atom stereocenters. The van der Waals surface area contributed by atoms with Crippen LogP contribution in [0.2, 0.25) is 0 Å². The Labute approximate surface area is 111 Å². The van der Waals surface area contributed by atoms with Gasteiger partial charge in [0.15, 0.2) is 0 Å². The van der Waals surface area contributed by atoms with E-state index in [1.807, 2.05) is 13.8 Å². The van der Waals surface area contributed by atoms with Crippen molar-refractivity contribution in [1.82, 2.24) is 4.90 Å². The highest BCUT2D eigenvalue weighted by atomic mass is 16.5. The Morgan fingerprint density at radius 2 is 1.78 bits per heavy atom. The molecule has 0 saturated carbocycles. The number of esters is 1. The van der Waals surface area contributed by atoms with Gasteiger partial charge in [0.25, 0.3) is 0 Å². The van der Waals surface area contributed by atoms with Crippen LogP contribution in [0.15, 0.2) is 0 Å². The summed E-state index contributed by atoms with van der Waals surface area (Å²) in [6.45, 7) is 8.17. The van der Waals surface area contributed by atoms with Crippen molar-refractivity contribution >= 4 is 11.9 Å². The van der Waals surface area contributed by atoms with Gasteiger partial charge in [-0.25, -0.2) is 0 Å². The number of rotatable bonds is 9. The molecule has 4 nitrogen and oxygen atoms in total. The Balaban J connectivity index is 4.15. The minimum atomic E-state index is -0.326. The molecule has 0 saturated heterocycles. The first-order valence-corrected chi connectivity index (χ1v) is 6.98. The number of nitrogens with zero attached hydrogens (tertiary/aromatic N) is 1. The van der Waals surface area contributed by atoms with Gasteiger partial charge < -0.3 is 9.64 Å². The highest BCUT2D eigenvalue weighted by Crippen LogP contribution is 2.08. The van der Waals surface area contributed by atoms with Gasteiger partial charge in [0.05, 0.1) is 6.61 Å². The van der Waals surface area contributed by atoms with Crippen molar-refractivity contribution < 1.29 is 14.3 Å². The van der Waals surface area contributed by atoms with Crippen molar-refractivity contribution in [2.24, 2.45) is 0 Å². The summed E-state index contributed by atoms with van der Waals surface area (Å²) in [6, 6.07) is 0.0353. The lowest BCUT2D eigenvalue weighted by Crippen LogP contribution is -2.41. The van der Waals surface area contributed by atoms with E-state index in [0.717, 1.165) is 25.7 Å². The van der Waals surface area contributed by atoms with Crippen LogP contribution in [0.5, 0.6) is 0 Å². The molecule has 0 radical (unpaired) electrons. The third-order valence-electron chi connectivity index (χ3n) is 2.79. The van der Waals surface area contributed by atoms with Crippen molar-refractivity contribution in [3.63, 3.8) is 0 Å². The molecule has 0 aromatic carbocycles. The smallest absolute Gasteiger partial charge is 0.325 e. The number of carbonyl (C=O) groups is 2. The number of carbonyl (C=O) groups excluding carboxylic acids is 2. The van der Waals surface area contributed by atoms with Gasteiger partial charge in [-0.2, -0.15) is 0 Å². The molecular formula is C14H27NO3. The fourth-order valence-corrected chi connectivity index (χ4v) is 1.75. The van der Waals surface area contributed by atoms with E-state index < -0.39 is 0 Å². The molecule has 1 amide bonds. The van der Waals surface area contributed by atoms with E-state index in [0.29, 0.717) is 13.0 Å². The van der Waals surface area contributed by atoms with Crippen LogP contribution in [0.25, 0.3) is 0 Å². The number of hydrogen-bond donors (Lipinski definition) is 0. The van der Waals surface area contributed by atoms with Crippen molar-refractivity contribution in [3.05, 3.63) is 0 Å². The predicted molar refractivity (Wildman–Crippen MR) is 72.2 cm³/mol. The van der Waals surface area contributed by atoms with Crippen LogP contribution in [-0.4, -0.2) is 36.0 Å². The van der Waals surface area contributed by atoms with Crippen LogP contribution in [0.1, 0.15) is 59.8 Å². The fourth-order valence-electron chi connectivity index (χ4n) is 1.75. The summed E-state index contributed by atoms with van der Waals surface area (Å²) in [5.41, 5.74) is 0. The van der Waals surface area contributed by atoms with Crippen molar-refractivity contribution in [2.45, 2.75) is 65.8 Å². The van der Waals surface area contributed by atoms with Crippen LogP contribution in [0.3, 0.4) is 0 Å². The highest BCUT2D eigenvalue weighted by molar-refractivity contribution is 5.82. The van der Waals surface area contributed by atoms with E-state index in [1.54, 1.807) is 11.8 Å². The Morgan fingerprint density at radius 1 is 1.11 bits per heavy atom. The Morgan fingerprint density at radius 3 is 2.28 bits per heavy atom. The lowest BCUT2D eigenvalue weighted by molar-refractivity contribution is -0.150. The van der Waals surface area contributed by atoms with E-state index in [2.05, 4.69) is 6.92 Å². The molecule has 0 bridgehead atoms. The quantitative estimate of drug-likeness (QED) is 0.471. The van der Waals surface area contributed by atoms with E-state index in [-0.39, 0.29) is 24.5 Å². The molecule has 0 rings (SSSR count). The van der Waals surface area contributed by atoms with Crippen LogP contribution >= 0.6 is 0 Å². The van der Waals surface area contributed by atoms with Gasteiger partial charge in [-0.05, 0) is 27.2 Å². The molecule has 0 aliphatic rings. The Bertz CT molecular complexity index is 251. The third kappa shape index (κ3) is 7.30. The van der Waals surface area contributed by atoms with E-state index in [1.165, 1.54) is 0 Å². The first-order chi connectivity index (χ1) is 8.52. The molecule has 0 atom stereocenters. The molecule has 106 valence electrons. The molecule has 18 heavy (non-hydrogen) atoms. The molecule has 0 aromatic heterocycles. The monoisotopic (exact) mass is 257 g/mol.